The van der Waals surface area contributed by atoms with Crippen molar-refractivity contribution >= 4 is 11.6 Å². The van der Waals surface area contributed by atoms with Gasteiger partial charge in [0.2, 0.25) is 0 Å². The Labute approximate surface area is 125 Å². The summed E-state index contributed by atoms with van der Waals surface area (Å²) in [5.74, 6) is 0.759. The lowest BCUT2D eigenvalue weighted by atomic mass is 9.98. The quantitative estimate of drug-likeness (QED) is 0.926. The molecule has 1 aliphatic carbocycles. The Balaban J connectivity index is 1.59. The fraction of sp³-hybridized carbons (Fsp3) is 0.800. The van der Waals surface area contributed by atoms with Gasteiger partial charge in [-0.05, 0) is 45.1 Å². The van der Waals surface area contributed by atoms with E-state index in [2.05, 4.69) is 10.4 Å². The summed E-state index contributed by atoms with van der Waals surface area (Å²) in [6.07, 6.45) is 12.0. The molecule has 1 atom stereocenters. The van der Waals surface area contributed by atoms with Gasteiger partial charge in [0.15, 0.2) is 10.9 Å². The Morgan fingerprint density at radius 2 is 2.00 bits per heavy atom. The van der Waals surface area contributed by atoms with Gasteiger partial charge in [0, 0.05) is 6.04 Å². The van der Waals surface area contributed by atoms with Crippen LogP contribution in [-0.4, -0.2) is 28.5 Å². The standard InChI is InChI=1S/C15H24ClN3O/c16-15-14(20-13-7-2-1-3-8-13)10-18-19(15)11-12-6-4-5-9-17-12/h10,12-13,17H,1-9,11H2. The van der Waals surface area contributed by atoms with Gasteiger partial charge < -0.3 is 10.1 Å². The molecule has 1 N–H and O–H groups in total. The average Bonchev–Trinajstić information content (AvgIpc) is 2.83. The van der Waals surface area contributed by atoms with Gasteiger partial charge in [0.25, 0.3) is 0 Å². The van der Waals surface area contributed by atoms with E-state index in [1.54, 1.807) is 6.20 Å². The minimum Gasteiger partial charge on any atom is -0.486 e. The third-order valence-electron chi connectivity index (χ3n) is 4.40. The number of hydrogen-bond acceptors (Lipinski definition) is 3. The van der Waals surface area contributed by atoms with Gasteiger partial charge in [-0.2, -0.15) is 5.10 Å². The van der Waals surface area contributed by atoms with Crippen LogP contribution in [0.15, 0.2) is 6.20 Å². The van der Waals surface area contributed by atoms with Gasteiger partial charge in [-0.1, -0.05) is 24.4 Å². The highest BCUT2D eigenvalue weighted by Crippen LogP contribution is 2.29. The molecule has 3 rings (SSSR count). The first-order valence-electron chi connectivity index (χ1n) is 7.94. The van der Waals surface area contributed by atoms with Gasteiger partial charge >= 0.3 is 0 Å². The van der Waals surface area contributed by atoms with Crippen molar-refractivity contribution in [2.24, 2.45) is 0 Å². The van der Waals surface area contributed by atoms with Crippen LogP contribution in [-0.2, 0) is 6.54 Å². The number of nitrogens with zero attached hydrogens (tertiary/aromatic N) is 2. The highest BCUT2D eigenvalue weighted by molar-refractivity contribution is 6.31. The molecular weight excluding hydrogens is 274 g/mol. The molecule has 2 fully saturated rings. The van der Waals surface area contributed by atoms with E-state index < -0.39 is 0 Å². The molecule has 0 bridgehead atoms. The van der Waals surface area contributed by atoms with Crippen molar-refractivity contribution in [3.63, 3.8) is 0 Å². The van der Waals surface area contributed by atoms with Crippen molar-refractivity contribution in [3.05, 3.63) is 11.3 Å². The van der Waals surface area contributed by atoms with Gasteiger partial charge in [-0.15, -0.1) is 0 Å². The summed E-state index contributed by atoms with van der Waals surface area (Å²) in [6, 6.07) is 0.490. The van der Waals surface area contributed by atoms with E-state index in [0.717, 1.165) is 31.7 Å². The van der Waals surface area contributed by atoms with Crippen molar-refractivity contribution in [2.75, 3.05) is 6.54 Å². The average molecular weight is 298 g/mol. The van der Waals surface area contributed by atoms with E-state index in [1.165, 1.54) is 38.5 Å². The van der Waals surface area contributed by atoms with Gasteiger partial charge in [-0.3, -0.25) is 0 Å². The van der Waals surface area contributed by atoms with Crippen molar-refractivity contribution in [1.29, 1.82) is 0 Å². The van der Waals surface area contributed by atoms with Crippen LogP contribution in [0.3, 0.4) is 0 Å². The Kier molecular flexibility index (Phi) is 4.84. The first-order chi connectivity index (χ1) is 9.83. The van der Waals surface area contributed by atoms with E-state index in [4.69, 9.17) is 16.3 Å². The fourth-order valence-corrected chi connectivity index (χ4v) is 3.42. The van der Waals surface area contributed by atoms with Gasteiger partial charge in [0.05, 0.1) is 18.8 Å². The molecule has 0 aromatic carbocycles. The highest BCUT2D eigenvalue weighted by Gasteiger charge is 2.20. The number of halogens is 1. The zero-order valence-corrected chi connectivity index (χ0v) is 12.7. The smallest absolute Gasteiger partial charge is 0.176 e. The molecule has 0 spiro atoms. The largest absolute Gasteiger partial charge is 0.486 e. The second-order valence-electron chi connectivity index (χ2n) is 6.01. The fourth-order valence-electron chi connectivity index (χ4n) is 3.21. The molecular formula is C15H24ClN3O. The van der Waals surface area contributed by atoms with Crippen LogP contribution in [0.25, 0.3) is 0 Å². The molecule has 5 heteroatoms. The third-order valence-corrected chi connectivity index (χ3v) is 4.78. The molecule has 1 aromatic rings. The first-order valence-corrected chi connectivity index (χ1v) is 8.32. The Morgan fingerprint density at radius 3 is 2.75 bits per heavy atom. The molecule has 1 aromatic heterocycles. The van der Waals surface area contributed by atoms with Crippen molar-refractivity contribution < 1.29 is 4.74 Å². The zero-order chi connectivity index (χ0) is 13.8. The minimum absolute atomic E-state index is 0.326. The van der Waals surface area contributed by atoms with Crippen molar-refractivity contribution in [2.45, 2.75) is 70.1 Å². The number of ether oxygens (including phenoxy) is 1. The maximum Gasteiger partial charge on any atom is 0.176 e. The van der Waals surface area contributed by atoms with Crippen LogP contribution < -0.4 is 10.1 Å². The predicted molar refractivity (Wildman–Crippen MR) is 80.4 cm³/mol. The second-order valence-corrected chi connectivity index (χ2v) is 6.36. The molecule has 1 aliphatic heterocycles. The van der Waals surface area contributed by atoms with Gasteiger partial charge in [0.1, 0.15) is 0 Å². The first kappa shape index (κ1) is 14.2. The summed E-state index contributed by atoms with van der Waals surface area (Å²) in [4.78, 5) is 0. The van der Waals surface area contributed by atoms with Crippen molar-refractivity contribution in [1.82, 2.24) is 15.1 Å². The lowest BCUT2D eigenvalue weighted by Crippen LogP contribution is -2.37. The summed E-state index contributed by atoms with van der Waals surface area (Å²) in [5, 5.41) is 8.58. The normalized spacial score (nSPS) is 24.8. The van der Waals surface area contributed by atoms with Gasteiger partial charge in [-0.25, -0.2) is 4.68 Å². The summed E-state index contributed by atoms with van der Waals surface area (Å²) in [5.41, 5.74) is 0. The number of rotatable bonds is 4. The molecule has 20 heavy (non-hydrogen) atoms. The lowest BCUT2D eigenvalue weighted by molar-refractivity contribution is 0.155. The van der Waals surface area contributed by atoms with E-state index in [1.807, 2.05) is 4.68 Å². The topological polar surface area (TPSA) is 39.1 Å². The molecule has 2 heterocycles. The van der Waals surface area contributed by atoms with Crippen LogP contribution in [0.5, 0.6) is 5.75 Å². The van der Waals surface area contributed by atoms with Crippen LogP contribution in [0.4, 0.5) is 0 Å². The summed E-state index contributed by atoms with van der Waals surface area (Å²) < 4.78 is 7.90. The summed E-state index contributed by atoms with van der Waals surface area (Å²) >= 11 is 6.41. The van der Waals surface area contributed by atoms with E-state index in [0.29, 0.717) is 17.3 Å². The number of nitrogens with one attached hydrogen (secondary N) is 1. The Bertz CT molecular complexity index is 385. The molecule has 1 saturated carbocycles. The third kappa shape index (κ3) is 3.47. The van der Waals surface area contributed by atoms with E-state index >= 15 is 0 Å². The van der Waals surface area contributed by atoms with Crippen LogP contribution in [0, 0.1) is 0 Å². The second kappa shape index (κ2) is 6.81. The number of piperidine rings is 1. The summed E-state index contributed by atoms with van der Waals surface area (Å²) in [7, 11) is 0. The molecule has 112 valence electrons. The molecule has 2 aliphatic rings. The zero-order valence-electron chi connectivity index (χ0n) is 12.0. The minimum atomic E-state index is 0.326. The summed E-state index contributed by atoms with van der Waals surface area (Å²) in [6.45, 7) is 1.95. The van der Waals surface area contributed by atoms with Crippen LogP contribution >= 0.6 is 11.6 Å². The Hall–Kier alpha value is -0.740. The highest BCUT2D eigenvalue weighted by atomic mass is 35.5. The maximum atomic E-state index is 6.41. The predicted octanol–water partition coefficient (Wildman–Crippen LogP) is 3.39. The van der Waals surface area contributed by atoms with E-state index in [9.17, 15) is 0 Å². The monoisotopic (exact) mass is 297 g/mol. The lowest BCUT2D eigenvalue weighted by Gasteiger charge is -2.24. The maximum absolute atomic E-state index is 6.41. The SMILES string of the molecule is Clc1c(OC2CCCCC2)cnn1CC1CCCCN1. The number of aromatic nitrogens is 2. The van der Waals surface area contributed by atoms with Crippen LogP contribution in [0.2, 0.25) is 5.15 Å². The molecule has 1 saturated heterocycles. The van der Waals surface area contributed by atoms with E-state index in [-0.39, 0.29) is 0 Å². The molecule has 1 unspecified atom stereocenters. The van der Waals surface area contributed by atoms with Crippen molar-refractivity contribution in [3.8, 4) is 5.75 Å². The molecule has 0 radical (unpaired) electrons. The Morgan fingerprint density at radius 1 is 1.20 bits per heavy atom. The van der Waals surface area contributed by atoms with Crippen LogP contribution in [0.1, 0.15) is 51.4 Å². The number of hydrogen-bond donors (Lipinski definition) is 1. The molecule has 4 nitrogen and oxygen atoms in total. The molecule has 0 amide bonds.